The lowest BCUT2D eigenvalue weighted by atomic mass is 10.2. The summed E-state index contributed by atoms with van der Waals surface area (Å²) < 4.78 is 9.84. The van der Waals surface area contributed by atoms with Crippen LogP contribution in [0.1, 0.15) is 31.3 Å². The van der Waals surface area contributed by atoms with Gasteiger partial charge in [0.1, 0.15) is 0 Å². The molecule has 1 heterocycles. The molecule has 1 unspecified atom stereocenters. The van der Waals surface area contributed by atoms with E-state index in [1.807, 2.05) is 0 Å². The number of amides is 2. The average molecular weight is 353 g/mol. The van der Waals surface area contributed by atoms with Crippen molar-refractivity contribution in [1.82, 2.24) is 10.0 Å². The van der Waals surface area contributed by atoms with E-state index in [-0.39, 0.29) is 23.7 Å². The van der Waals surface area contributed by atoms with Crippen LogP contribution in [0.3, 0.4) is 0 Å². The molecule has 25 heavy (non-hydrogen) atoms. The molecule has 0 aliphatic heterocycles. The number of esters is 2. The van der Waals surface area contributed by atoms with E-state index in [2.05, 4.69) is 10.3 Å². The first kappa shape index (κ1) is 20.0. The molecule has 136 valence electrons. The summed E-state index contributed by atoms with van der Waals surface area (Å²) in [4.78, 5) is 55.4. The summed E-state index contributed by atoms with van der Waals surface area (Å²) in [5.41, 5.74) is -0.261. The predicted molar refractivity (Wildman–Crippen MR) is 84.5 cm³/mol. The number of rotatable bonds is 8. The van der Waals surface area contributed by atoms with E-state index in [1.165, 1.54) is 26.3 Å². The van der Waals surface area contributed by atoms with Gasteiger partial charge < -0.3 is 14.8 Å². The molecule has 10 nitrogen and oxygen atoms in total. The van der Waals surface area contributed by atoms with E-state index < -0.39 is 23.9 Å². The van der Waals surface area contributed by atoms with Crippen molar-refractivity contribution >= 4 is 29.9 Å². The first-order valence-corrected chi connectivity index (χ1v) is 7.29. The molecule has 0 saturated carbocycles. The number of nitrogens with one attached hydrogen (secondary N) is 1. The molecule has 2 amide bonds. The lowest BCUT2D eigenvalue weighted by Gasteiger charge is -2.25. The van der Waals surface area contributed by atoms with Gasteiger partial charge in [-0.15, -0.1) is 0 Å². The number of anilines is 1. The third-order valence-corrected chi connectivity index (χ3v) is 2.94. The zero-order chi connectivity index (χ0) is 19.0. The van der Waals surface area contributed by atoms with E-state index in [9.17, 15) is 19.2 Å². The smallest absolute Gasteiger partial charge is 0.331 e. The highest BCUT2D eigenvalue weighted by molar-refractivity contribution is 5.99. The van der Waals surface area contributed by atoms with Crippen LogP contribution in [0.2, 0.25) is 0 Å². The Hall–Kier alpha value is -3.01. The van der Waals surface area contributed by atoms with E-state index in [0.29, 0.717) is 6.41 Å². The van der Waals surface area contributed by atoms with Crippen molar-refractivity contribution in [2.24, 2.45) is 0 Å². The molecule has 0 saturated heterocycles. The van der Waals surface area contributed by atoms with Gasteiger partial charge in [0.25, 0.3) is 0 Å². The normalized spacial score (nSPS) is 11.2. The number of hydroxylamine groups is 2. The maximum Gasteiger partial charge on any atom is 0.331 e. The Balaban J connectivity index is 3.29. The maximum atomic E-state index is 12.7. The third-order valence-electron chi connectivity index (χ3n) is 2.94. The second-order valence-corrected chi connectivity index (χ2v) is 4.63. The SMILES string of the molecule is CCOC(=O)C(C)N(OC)C(=O)c1nccc(NC=O)c1OC(C)=O. The highest BCUT2D eigenvalue weighted by Gasteiger charge is 2.32. The fourth-order valence-electron chi connectivity index (χ4n) is 1.90. The van der Waals surface area contributed by atoms with Crippen molar-refractivity contribution in [3.8, 4) is 5.75 Å². The van der Waals surface area contributed by atoms with E-state index in [4.69, 9.17) is 14.3 Å². The van der Waals surface area contributed by atoms with E-state index >= 15 is 0 Å². The lowest BCUT2D eigenvalue weighted by molar-refractivity contribution is -0.169. The van der Waals surface area contributed by atoms with Crippen molar-refractivity contribution in [3.63, 3.8) is 0 Å². The summed E-state index contributed by atoms with van der Waals surface area (Å²) >= 11 is 0. The van der Waals surface area contributed by atoms with E-state index in [0.717, 1.165) is 12.0 Å². The molecule has 1 aromatic rings. The van der Waals surface area contributed by atoms with Gasteiger partial charge in [-0.2, -0.15) is 0 Å². The summed E-state index contributed by atoms with van der Waals surface area (Å²) in [5, 5.41) is 3.04. The molecule has 1 rings (SSSR count). The van der Waals surface area contributed by atoms with Gasteiger partial charge in [-0.25, -0.2) is 14.8 Å². The molecule has 10 heteroatoms. The topological polar surface area (TPSA) is 124 Å². The first-order valence-electron chi connectivity index (χ1n) is 7.29. The molecule has 1 atom stereocenters. The molecular weight excluding hydrogens is 334 g/mol. The zero-order valence-electron chi connectivity index (χ0n) is 14.3. The highest BCUT2D eigenvalue weighted by Crippen LogP contribution is 2.28. The molecular formula is C15H19N3O7. The number of hydrogen-bond donors (Lipinski definition) is 1. The minimum Gasteiger partial charge on any atom is -0.464 e. The van der Waals surface area contributed by atoms with E-state index in [1.54, 1.807) is 6.92 Å². The van der Waals surface area contributed by atoms with Crippen LogP contribution < -0.4 is 10.1 Å². The van der Waals surface area contributed by atoms with Crippen LogP contribution in [0.15, 0.2) is 12.3 Å². The number of hydrogen-bond acceptors (Lipinski definition) is 8. The molecule has 0 bridgehead atoms. The van der Waals surface area contributed by atoms with Gasteiger partial charge in [-0.1, -0.05) is 0 Å². The fourth-order valence-corrected chi connectivity index (χ4v) is 1.90. The van der Waals surface area contributed by atoms with Gasteiger partial charge in [0, 0.05) is 13.1 Å². The zero-order valence-corrected chi connectivity index (χ0v) is 14.3. The minimum atomic E-state index is -1.08. The number of ether oxygens (including phenoxy) is 2. The largest absolute Gasteiger partial charge is 0.464 e. The quantitative estimate of drug-likeness (QED) is 0.408. The third kappa shape index (κ3) is 4.98. The summed E-state index contributed by atoms with van der Waals surface area (Å²) in [6.45, 7) is 4.28. The number of carbonyl (C=O) groups excluding carboxylic acids is 4. The molecule has 0 spiro atoms. The minimum absolute atomic E-state index is 0.0587. The second kappa shape index (κ2) is 9.33. The summed E-state index contributed by atoms with van der Waals surface area (Å²) in [7, 11) is 1.19. The summed E-state index contributed by atoms with van der Waals surface area (Å²) in [6, 6.07) is 0.266. The standard InChI is InChI=1S/C15H19N3O7/c1-5-24-15(22)9(2)18(23-4)14(21)12-13(25-10(3)20)11(17-8-19)6-7-16-12/h6-9H,5H2,1-4H3,(H,16,17,19). The Morgan fingerprint density at radius 2 is 2.08 bits per heavy atom. The maximum absolute atomic E-state index is 12.7. The van der Waals surface area contributed by atoms with Gasteiger partial charge in [-0.05, 0) is 19.9 Å². The molecule has 0 aliphatic carbocycles. The van der Waals surface area contributed by atoms with Gasteiger partial charge in [0.2, 0.25) is 6.41 Å². The molecule has 0 aromatic carbocycles. The molecule has 1 aromatic heterocycles. The van der Waals surface area contributed by atoms with Crippen LogP contribution in [-0.4, -0.2) is 54.1 Å². The van der Waals surface area contributed by atoms with Gasteiger partial charge in [0.05, 0.1) is 19.4 Å². The molecule has 0 aliphatic rings. The van der Waals surface area contributed by atoms with Gasteiger partial charge in [-0.3, -0.25) is 19.2 Å². The highest BCUT2D eigenvalue weighted by atomic mass is 16.7. The van der Waals surface area contributed by atoms with Crippen molar-refractivity contribution in [3.05, 3.63) is 18.0 Å². The van der Waals surface area contributed by atoms with Crippen LogP contribution in [0.5, 0.6) is 5.75 Å². The number of aromatic nitrogens is 1. The fraction of sp³-hybridized carbons (Fsp3) is 0.400. The van der Waals surface area contributed by atoms with Crippen molar-refractivity contribution in [1.29, 1.82) is 0 Å². The molecule has 1 N–H and O–H groups in total. The van der Waals surface area contributed by atoms with Crippen molar-refractivity contribution in [2.75, 3.05) is 19.0 Å². The Bertz CT molecular complexity index is 663. The van der Waals surface area contributed by atoms with Gasteiger partial charge in [0.15, 0.2) is 17.5 Å². The number of nitrogens with zero attached hydrogens (tertiary/aromatic N) is 2. The number of pyridine rings is 1. The van der Waals surface area contributed by atoms with Crippen LogP contribution in [0, 0.1) is 0 Å². The van der Waals surface area contributed by atoms with Crippen LogP contribution in [0.4, 0.5) is 5.69 Å². The summed E-state index contributed by atoms with van der Waals surface area (Å²) in [6.07, 6.45) is 1.58. The van der Waals surface area contributed by atoms with Gasteiger partial charge >= 0.3 is 17.8 Å². The number of carbonyl (C=O) groups is 4. The van der Waals surface area contributed by atoms with Crippen LogP contribution >= 0.6 is 0 Å². The Labute approximate surface area is 144 Å². The lowest BCUT2D eigenvalue weighted by Crippen LogP contribution is -2.43. The Kier molecular flexibility index (Phi) is 7.47. The second-order valence-electron chi connectivity index (χ2n) is 4.63. The van der Waals surface area contributed by atoms with Crippen molar-refractivity contribution in [2.45, 2.75) is 26.8 Å². The Morgan fingerprint density at radius 3 is 2.60 bits per heavy atom. The Morgan fingerprint density at radius 1 is 1.40 bits per heavy atom. The average Bonchev–Trinajstić information content (AvgIpc) is 2.56. The predicted octanol–water partition coefficient (Wildman–Crippen LogP) is 0.530. The molecule has 0 radical (unpaired) electrons. The monoisotopic (exact) mass is 353 g/mol. The molecule has 0 fully saturated rings. The van der Waals surface area contributed by atoms with Crippen LogP contribution in [-0.2, 0) is 24.0 Å². The first-order chi connectivity index (χ1) is 11.9. The van der Waals surface area contributed by atoms with Crippen molar-refractivity contribution < 1.29 is 33.5 Å². The van der Waals surface area contributed by atoms with Crippen LogP contribution in [0.25, 0.3) is 0 Å². The summed E-state index contributed by atoms with van der Waals surface area (Å²) in [5.74, 6) is -2.52.